The Kier molecular flexibility index (Phi) is 5.67. The molecule has 0 fully saturated rings. The summed E-state index contributed by atoms with van der Waals surface area (Å²) in [5, 5.41) is 16.1. The van der Waals surface area contributed by atoms with E-state index in [0.717, 1.165) is 17.7 Å². The number of nitrogens with zero attached hydrogens (tertiary/aromatic N) is 2. The lowest BCUT2D eigenvalue weighted by Crippen LogP contribution is -2.33. The first-order chi connectivity index (χ1) is 13.2. The summed E-state index contributed by atoms with van der Waals surface area (Å²) in [6.07, 6.45) is 1.86. The van der Waals surface area contributed by atoms with Gasteiger partial charge >= 0.3 is 5.97 Å². The number of fused-ring (bicyclic) bond motifs is 1. The van der Waals surface area contributed by atoms with E-state index in [1.807, 2.05) is 20.8 Å². The van der Waals surface area contributed by atoms with Gasteiger partial charge in [0.15, 0.2) is 11.9 Å². The predicted octanol–water partition coefficient (Wildman–Crippen LogP) is 2.57. The number of carboxylic acids is 1. The molecule has 1 unspecified atom stereocenters. The molecule has 2 aromatic rings. The fraction of sp³-hybridized carbons (Fsp3) is 0.500. The number of amides is 1. The zero-order valence-electron chi connectivity index (χ0n) is 16.3. The van der Waals surface area contributed by atoms with E-state index in [2.05, 4.69) is 15.5 Å². The Morgan fingerprint density at radius 3 is 2.79 bits per heavy atom. The van der Waals surface area contributed by atoms with Gasteiger partial charge in [0.25, 0.3) is 0 Å². The van der Waals surface area contributed by atoms with Crippen LogP contribution in [0.25, 0.3) is 0 Å². The first-order valence-electron chi connectivity index (χ1n) is 9.35. The summed E-state index contributed by atoms with van der Waals surface area (Å²) in [5.41, 5.74) is 1.30. The third-order valence-electron chi connectivity index (χ3n) is 4.53. The number of hydrogen-bond acceptors (Lipinski definition) is 6. The van der Waals surface area contributed by atoms with Gasteiger partial charge in [-0.25, -0.2) is 4.79 Å². The number of carbonyl (C=O) groups is 2. The van der Waals surface area contributed by atoms with Crippen LogP contribution in [0.15, 0.2) is 22.7 Å². The summed E-state index contributed by atoms with van der Waals surface area (Å²) in [4.78, 5) is 28.2. The number of aliphatic carboxylic acids is 1. The fourth-order valence-corrected chi connectivity index (χ4v) is 2.97. The van der Waals surface area contributed by atoms with Crippen molar-refractivity contribution in [2.75, 3.05) is 6.61 Å². The van der Waals surface area contributed by atoms with Gasteiger partial charge in [0.1, 0.15) is 5.75 Å². The van der Waals surface area contributed by atoms with Gasteiger partial charge < -0.3 is 19.7 Å². The van der Waals surface area contributed by atoms with Crippen LogP contribution in [-0.4, -0.2) is 33.7 Å². The summed E-state index contributed by atoms with van der Waals surface area (Å²) in [6, 6.07) is 4.13. The van der Waals surface area contributed by atoms with Crippen LogP contribution in [0.5, 0.6) is 5.75 Å². The van der Waals surface area contributed by atoms with Crippen LogP contribution in [0.2, 0.25) is 0 Å². The topological polar surface area (TPSA) is 115 Å². The smallest absolute Gasteiger partial charge is 0.330 e. The average Bonchev–Trinajstić information content (AvgIpc) is 3.27. The minimum Gasteiger partial charge on any atom is -0.493 e. The second kappa shape index (κ2) is 8.00. The number of hydrogen-bond donors (Lipinski definition) is 2. The molecule has 8 nitrogen and oxygen atoms in total. The number of aryl methyl sites for hydroxylation is 1. The maximum atomic E-state index is 12.3. The number of carbonyl (C=O) groups excluding carboxylic acids is 1. The molecule has 2 N–H and O–H groups in total. The van der Waals surface area contributed by atoms with Gasteiger partial charge in [0, 0.05) is 24.7 Å². The molecule has 0 saturated carbocycles. The molecular formula is C20H25N3O5. The van der Waals surface area contributed by atoms with Crippen LogP contribution in [0, 0.1) is 0 Å². The van der Waals surface area contributed by atoms with Crippen molar-refractivity contribution in [1.29, 1.82) is 0 Å². The third kappa shape index (κ3) is 4.68. The first-order valence-corrected chi connectivity index (χ1v) is 9.35. The molecule has 1 aliphatic rings. The highest BCUT2D eigenvalue weighted by Gasteiger charge is 2.24. The van der Waals surface area contributed by atoms with E-state index in [9.17, 15) is 14.7 Å². The van der Waals surface area contributed by atoms with Gasteiger partial charge in [-0.1, -0.05) is 32.0 Å². The lowest BCUT2D eigenvalue weighted by Gasteiger charge is -2.15. The first kappa shape index (κ1) is 19.9. The molecule has 0 spiro atoms. The van der Waals surface area contributed by atoms with Crippen LogP contribution in [0.1, 0.15) is 62.5 Å². The zero-order chi connectivity index (χ0) is 20.3. The normalized spacial score (nSPS) is 14.2. The number of rotatable bonds is 7. The molecule has 1 atom stereocenters. The SMILES string of the molecule is CC(C)(C)c1noc(CCCC(=O)NC(C(=O)O)c2ccc3c(c2)CCO3)n1. The Balaban J connectivity index is 1.55. The Hall–Kier alpha value is -2.90. The fourth-order valence-electron chi connectivity index (χ4n) is 2.97. The number of ether oxygens (including phenoxy) is 1. The maximum Gasteiger partial charge on any atom is 0.330 e. The van der Waals surface area contributed by atoms with E-state index in [1.54, 1.807) is 18.2 Å². The summed E-state index contributed by atoms with van der Waals surface area (Å²) >= 11 is 0. The molecule has 0 bridgehead atoms. The van der Waals surface area contributed by atoms with Crippen LogP contribution in [0.3, 0.4) is 0 Å². The Morgan fingerprint density at radius 1 is 1.32 bits per heavy atom. The second-order valence-electron chi connectivity index (χ2n) is 7.92. The molecule has 3 rings (SSSR count). The molecule has 150 valence electrons. The van der Waals surface area contributed by atoms with Crippen LogP contribution in [0.4, 0.5) is 0 Å². The number of carboxylic acid groups (broad SMARTS) is 1. The molecule has 1 aromatic heterocycles. The standard InChI is InChI=1S/C20H25N3O5/c1-20(2,3)19-22-16(28-23-19)6-4-5-15(24)21-17(18(25)26)13-7-8-14-12(11-13)9-10-27-14/h7-8,11,17H,4-6,9-10H2,1-3H3,(H,21,24)(H,25,26). The van der Waals surface area contributed by atoms with Gasteiger partial charge in [-0.15, -0.1) is 0 Å². The third-order valence-corrected chi connectivity index (χ3v) is 4.53. The van der Waals surface area contributed by atoms with Crippen LogP contribution >= 0.6 is 0 Å². The molecule has 0 radical (unpaired) electrons. The lowest BCUT2D eigenvalue weighted by atomic mass is 9.96. The van der Waals surface area contributed by atoms with Gasteiger partial charge in [-0.3, -0.25) is 4.79 Å². The monoisotopic (exact) mass is 387 g/mol. The number of aromatic nitrogens is 2. The van der Waals surface area contributed by atoms with E-state index in [0.29, 0.717) is 36.7 Å². The van der Waals surface area contributed by atoms with Crippen molar-refractivity contribution in [3.8, 4) is 5.75 Å². The molecular weight excluding hydrogens is 362 g/mol. The predicted molar refractivity (Wildman–Crippen MR) is 100 cm³/mol. The highest BCUT2D eigenvalue weighted by atomic mass is 16.5. The Bertz CT molecular complexity index is 869. The summed E-state index contributed by atoms with van der Waals surface area (Å²) in [5.74, 6) is 0.441. The zero-order valence-corrected chi connectivity index (χ0v) is 16.3. The van der Waals surface area contributed by atoms with E-state index in [1.165, 1.54) is 0 Å². The Labute approximate surface area is 163 Å². The highest BCUT2D eigenvalue weighted by molar-refractivity contribution is 5.84. The van der Waals surface area contributed by atoms with E-state index >= 15 is 0 Å². The van der Waals surface area contributed by atoms with Crippen molar-refractivity contribution in [2.24, 2.45) is 0 Å². The van der Waals surface area contributed by atoms with E-state index in [-0.39, 0.29) is 17.7 Å². The molecule has 28 heavy (non-hydrogen) atoms. The molecule has 2 heterocycles. The van der Waals surface area contributed by atoms with Crippen molar-refractivity contribution in [1.82, 2.24) is 15.5 Å². The molecule has 8 heteroatoms. The van der Waals surface area contributed by atoms with Gasteiger partial charge in [0.2, 0.25) is 11.8 Å². The Morgan fingerprint density at radius 2 is 2.11 bits per heavy atom. The van der Waals surface area contributed by atoms with Crippen molar-refractivity contribution < 1.29 is 24.0 Å². The second-order valence-corrected chi connectivity index (χ2v) is 7.92. The van der Waals surface area contributed by atoms with Crippen molar-refractivity contribution in [2.45, 2.75) is 57.9 Å². The molecule has 0 saturated heterocycles. The quantitative estimate of drug-likeness (QED) is 0.750. The average molecular weight is 387 g/mol. The van der Waals surface area contributed by atoms with Gasteiger partial charge in [0.05, 0.1) is 6.61 Å². The largest absolute Gasteiger partial charge is 0.493 e. The summed E-state index contributed by atoms with van der Waals surface area (Å²) < 4.78 is 10.6. The van der Waals surface area contributed by atoms with Crippen LogP contribution < -0.4 is 10.1 Å². The van der Waals surface area contributed by atoms with E-state index in [4.69, 9.17) is 9.26 Å². The summed E-state index contributed by atoms with van der Waals surface area (Å²) in [6.45, 7) is 6.57. The van der Waals surface area contributed by atoms with Crippen molar-refractivity contribution in [3.05, 3.63) is 41.0 Å². The molecule has 1 aromatic carbocycles. The minimum atomic E-state index is -1.10. The maximum absolute atomic E-state index is 12.3. The van der Waals surface area contributed by atoms with Crippen molar-refractivity contribution >= 4 is 11.9 Å². The van der Waals surface area contributed by atoms with Crippen molar-refractivity contribution in [3.63, 3.8) is 0 Å². The van der Waals surface area contributed by atoms with Crippen LogP contribution in [-0.2, 0) is 27.8 Å². The lowest BCUT2D eigenvalue weighted by molar-refractivity contribution is -0.142. The molecule has 1 aliphatic heterocycles. The molecule has 1 amide bonds. The molecule has 0 aliphatic carbocycles. The number of nitrogens with one attached hydrogen (secondary N) is 1. The summed E-state index contributed by atoms with van der Waals surface area (Å²) in [7, 11) is 0. The van der Waals surface area contributed by atoms with E-state index < -0.39 is 12.0 Å². The van der Waals surface area contributed by atoms with Gasteiger partial charge in [-0.05, 0) is 29.7 Å². The minimum absolute atomic E-state index is 0.172. The van der Waals surface area contributed by atoms with Gasteiger partial charge in [-0.2, -0.15) is 4.98 Å². The highest BCUT2D eigenvalue weighted by Crippen LogP contribution is 2.28. The number of benzene rings is 1.